The van der Waals surface area contributed by atoms with Crippen LogP contribution in [0.1, 0.15) is 10.5 Å². The third kappa shape index (κ3) is 2.48. The maximum Gasteiger partial charge on any atom is 0.354 e. The van der Waals surface area contributed by atoms with Gasteiger partial charge in [0.25, 0.3) is 0 Å². The fraction of sp³-hybridized carbons (Fsp3) is 0.0833. The summed E-state index contributed by atoms with van der Waals surface area (Å²) >= 11 is 5.78. The number of carbonyl (C=O) groups is 1. The van der Waals surface area contributed by atoms with Crippen LogP contribution in [0.25, 0.3) is 11.4 Å². The smallest absolute Gasteiger partial charge is 0.354 e. The van der Waals surface area contributed by atoms with Gasteiger partial charge in [-0.1, -0.05) is 11.6 Å². The van der Waals surface area contributed by atoms with Gasteiger partial charge >= 0.3 is 5.97 Å². The van der Waals surface area contributed by atoms with Gasteiger partial charge < -0.3 is 15.6 Å². The zero-order valence-corrected chi connectivity index (χ0v) is 11.0. The molecule has 1 heterocycles. The summed E-state index contributed by atoms with van der Waals surface area (Å²) in [5, 5.41) is 8.99. The van der Waals surface area contributed by atoms with Crippen molar-refractivity contribution in [3.05, 3.63) is 34.7 Å². The standard InChI is InChI=1S/C12H9ClFN3O3/c1-20-10-6(13)3-2-5(9(10)14)11-16-7(12(18)19)4-8(15)17-11/h2-4H,1H3,(H,18,19)(H2,15,16,17). The van der Waals surface area contributed by atoms with Crippen LogP contribution in [0.2, 0.25) is 5.02 Å². The number of hydrogen-bond donors (Lipinski definition) is 2. The van der Waals surface area contributed by atoms with E-state index in [9.17, 15) is 9.18 Å². The quantitative estimate of drug-likeness (QED) is 0.901. The van der Waals surface area contributed by atoms with Crippen molar-refractivity contribution in [1.29, 1.82) is 0 Å². The highest BCUT2D eigenvalue weighted by Gasteiger charge is 2.18. The fourth-order valence-electron chi connectivity index (χ4n) is 1.59. The van der Waals surface area contributed by atoms with Crippen LogP contribution in [0.4, 0.5) is 10.2 Å². The molecule has 3 N–H and O–H groups in total. The van der Waals surface area contributed by atoms with Crippen molar-refractivity contribution in [3.63, 3.8) is 0 Å². The second-order valence-electron chi connectivity index (χ2n) is 3.75. The fourth-order valence-corrected chi connectivity index (χ4v) is 1.81. The number of carboxylic acids is 1. The predicted molar refractivity (Wildman–Crippen MR) is 70.4 cm³/mol. The molecule has 0 saturated heterocycles. The molecule has 0 aliphatic rings. The summed E-state index contributed by atoms with van der Waals surface area (Å²) in [4.78, 5) is 18.5. The first kappa shape index (κ1) is 14.0. The van der Waals surface area contributed by atoms with Crippen LogP contribution in [-0.4, -0.2) is 28.2 Å². The van der Waals surface area contributed by atoms with Gasteiger partial charge in [-0.3, -0.25) is 0 Å². The van der Waals surface area contributed by atoms with Crippen LogP contribution in [0, 0.1) is 5.82 Å². The molecule has 0 unspecified atom stereocenters. The first-order chi connectivity index (χ1) is 9.43. The Balaban J connectivity index is 2.66. The zero-order chi connectivity index (χ0) is 14.9. The predicted octanol–water partition coefficient (Wildman–Crippen LogP) is 2.23. The van der Waals surface area contributed by atoms with Crippen LogP contribution in [0.15, 0.2) is 18.2 Å². The molecule has 2 rings (SSSR count). The molecule has 1 aromatic carbocycles. The Kier molecular flexibility index (Phi) is 3.71. The number of anilines is 1. The summed E-state index contributed by atoms with van der Waals surface area (Å²) in [7, 11) is 1.26. The van der Waals surface area contributed by atoms with Crippen molar-refractivity contribution in [3.8, 4) is 17.1 Å². The number of benzene rings is 1. The molecule has 0 aliphatic heterocycles. The third-order valence-corrected chi connectivity index (χ3v) is 2.76. The van der Waals surface area contributed by atoms with Crippen molar-refractivity contribution in [2.45, 2.75) is 0 Å². The number of nitrogens with two attached hydrogens (primary N) is 1. The number of nitrogen functional groups attached to an aromatic ring is 1. The SMILES string of the molecule is COc1c(Cl)ccc(-c2nc(N)cc(C(=O)O)n2)c1F. The maximum atomic E-state index is 14.2. The van der Waals surface area contributed by atoms with Crippen LogP contribution < -0.4 is 10.5 Å². The number of methoxy groups -OCH3 is 1. The van der Waals surface area contributed by atoms with E-state index in [1.807, 2.05) is 0 Å². The lowest BCUT2D eigenvalue weighted by Gasteiger charge is -2.09. The Morgan fingerprint density at radius 1 is 1.45 bits per heavy atom. The molecular formula is C12H9ClFN3O3. The van der Waals surface area contributed by atoms with E-state index in [4.69, 9.17) is 27.2 Å². The van der Waals surface area contributed by atoms with Crippen molar-refractivity contribution in [2.75, 3.05) is 12.8 Å². The van der Waals surface area contributed by atoms with E-state index in [1.54, 1.807) is 0 Å². The van der Waals surface area contributed by atoms with Crippen LogP contribution >= 0.6 is 11.6 Å². The van der Waals surface area contributed by atoms with Gasteiger partial charge in [-0.25, -0.2) is 19.2 Å². The lowest BCUT2D eigenvalue weighted by Crippen LogP contribution is -2.06. The minimum absolute atomic E-state index is 0.0546. The van der Waals surface area contributed by atoms with Crippen LogP contribution in [-0.2, 0) is 0 Å². The van der Waals surface area contributed by atoms with Gasteiger partial charge in [0.05, 0.1) is 17.7 Å². The minimum Gasteiger partial charge on any atom is -0.492 e. The summed E-state index contributed by atoms with van der Waals surface area (Å²) in [5.74, 6) is -2.49. The molecule has 0 atom stereocenters. The van der Waals surface area contributed by atoms with Crippen molar-refractivity contribution < 1.29 is 19.0 Å². The molecule has 0 bridgehead atoms. The molecule has 0 amide bonds. The Bertz CT molecular complexity index is 694. The number of aromatic nitrogens is 2. The highest BCUT2D eigenvalue weighted by Crippen LogP contribution is 2.33. The molecule has 0 radical (unpaired) electrons. The molecule has 8 heteroatoms. The van der Waals surface area contributed by atoms with Gasteiger partial charge in [-0.2, -0.15) is 0 Å². The Hall–Kier alpha value is -2.41. The third-order valence-electron chi connectivity index (χ3n) is 2.46. The van der Waals surface area contributed by atoms with Crippen molar-refractivity contribution >= 4 is 23.4 Å². The lowest BCUT2D eigenvalue weighted by atomic mass is 10.1. The van der Waals surface area contributed by atoms with E-state index in [1.165, 1.54) is 19.2 Å². The van der Waals surface area contributed by atoms with E-state index in [-0.39, 0.29) is 33.7 Å². The number of halogens is 2. The molecule has 2 aromatic rings. The number of nitrogens with zero attached hydrogens (tertiary/aromatic N) is 2. The molecule has 104 valence electrons. The van der Waals surface area contributed by atoms with Crippen molar-refractivity contribution in [2.24, 2.45) is 0 Å². The molecule has 0 aliphatic carbocycles. The van der Waals surface area contributed by atoms with Gasteiger partial charge in [-0.15, -0.1) is 0 Å². The summed E-state index contributed by atoms with van der Waals surface area (Å²) in [6.45, 7) is 0. The number of aromatic carboxylic acids is 1. The minimum atomic E-state index is -1.29. The summed E-state index contributed by atoms with van der Waals surface area (Å²) in [5.41, 5.74) is 5.10. The largest absolute Gasteiger partial charge is 0.492 e. The molecule has 6 nitrogen and oxygen atoms in total. The van der Waals surface area contributed by atoms with Gasteiger partial charge in [0.1, 0.15) is 5.82 Å². The lowest BCUT2D eigenvalue weighted by molar-refractivity contribution is 0.0690. The van der Waals surface area contributed by atoms with E-state index < -0.39 is 11.8 Å². The first-order valence-electron chi connectivity index (χ1n) is 5.34. The molecular weight excluding hydrogens is 289 g/mol. The average Bonchev–Trinajstić information content (AvgIpc) is 2.38. The van der Waals surface area contributed by atoms with Gasteiger partial charge in [0, 0.05) is 6.07 Å². The van der Waals surface area contributed by atoms with Gasteiger partial charge in [0.15, 0.2) is 23.1 Å². The summed E-state index contributed by atoms with van der Waals surface area (Å²) in [6.07, 6.45) is 0. The average molecular weight is 298 g/mol. The van der Waals surface area contributed by atoms with Crippen molar-refractivity contribution in [1.82, 2.24) is 9.97 Å². The number of hydrogen-bond acceptors (Lipinski definition) is 5. The molecule has 20 heavy (non-hydrogen) atoms. The first-order valence-corrected chi connectivity index (χ1v) is 5.72. The zero-order valence-electron chi connectivity index (χ0n) is 10.2. The van der Waals surface area contributed by atoms with E-state index in [2.05, 4.69) is 9.97 Å². The van der Waals surface area contributed by atoms with E-state index in [0.29, 0.717) is 0 Å². The Labute approximate surface area is 118 Å². The summed E-state index contributed by atoms with van der Waals surface area (Å²) in [6, 6.07) is 3.79. The number of ether oxygens (including phenoxy) is 1. The molecule has 0 saturated carbocycles. The summed E-state index contributed by atoms with van der Waals surface area (Å²) < 4.78 is 19.0. The molecule has 1 aromatic heterocycles. The van der Waals surface area contributed by atoms with Crippen LogP contribution in [0.3, 0.4) is 0 Å². The van der Waals surface area contributed by atoms with E-state index in [0.717, 1.165) is 6.07 Å². The van der Waals surface area contributed by atoms with Crippen LogP contribution in [0.5, 0.6) is 5.75 Å². The second kappa shape index (κ2) is 5.30. The van der Waals surface area contributed by atoms with Gasteiger partial charge in [-0.05, 0) is 12.1 Å². The highest BCUT2D eigenvalue weighted by molar-refractivity contribution is 6.32. The second-order valence-corrected chi connectivity index (χ2v) is 4.16. The molecule has 0 fully saturated rings. The van der Waals surface area contributed by atoms with Gasteiger partial charge in [0.2, 0.25) is 0 Å². The number of carboxylic acid groups (broad SMARTS) is 1. The topological polar surface area (TPSA) is 98.3 Å². The Morgan fingerprint density at radius 3 is 2.75 bits per heavy atom. The highest BCUT2D eigenvalue weighted by atomic mass is 35.5. The van der Waals surface area contributed by atoms with E-state index >= 15 is 0 Å². The monoisotopic (exact) mass is 297 g/mol. The molecule has 0 spiro atoms. The maximum absolute atomic E-state index is 14.2. The number of rotatable bonds is 3. The normalized spacial score (nSPS) is 10.3. The Morgan fingerprint density at radius 2 is 2.15 bits per heavy atom.